The van der Waals surface area contributed by atoms with Gasteiger partial charge in [-0.1, -0.05) is 25.1 Å². The predicted molar refractivity (Wildman–Crippen MR) is 159 cm³/mol. The van der Waals surface area contributed by atoms with E-state index in [0.717, 1.165) is 15.9 Å². The van der Waals surface area contributed by atoms with Gasteiger partial charge in [0.15, 0.2) is 5.78 Å². The van der Waals surface area contributed by atoms with Crippen LogP contribution < -0.4 is 16.0 Å². The van der Waals surface area contributed by atoms with E-state index in [4.69, 9.17) is 18.6 Å². The minimum absolute atomic E-state index is 0.0809. The van der Waals surface area contributed by atoms with Crippen molar-refractivity contribution in [1.82, 2.24) is 19.0 Å². The highest BCUT2D eigenvalue weighted by Gasteiger charge is 2.33. The number of aromatic nitrogens is 3. The van der Waals surface area contributed by atoms with Crippen LogP contribution in [0.1, 0.15) is 47.2 Å². The number of hydrogen-bond donors (Lipinski definition) is 0. The fourth-order valence-corrected chi connectivity index (χ4v) is 6.47. The normalized spacial score (nSPS) is 14.8. The smallest absolute Gasteiger partial charge is 0.340 e. The number of rotatable bonds is 10. The number of esters is 1. The van der Waals surface area contributed by atoms with Crippen molar-refractivity contribution in [2.24, 2.45) is 5.92 Å². The van der Waals surface area contributed by atoms with Gasteiger partial charge in [0.1, 0.15) is 22.9 Å². The molecule has 1 unspecified atom stereocenters. The zero-order valence-corrected chi connectivity index (χ0v) is 25.5. The van der Waals surface area contributed by atoms with Crippen molar-refractivity contribution in [3.8, 4) is 11.8 Å². The molecule has 232 valence electrons. The molecule has 1 aliphatic rings. The van der Waals surface area contributed by atoms with Crippen molar-refractivity contribution in [3.05, 3.63) is 73.6 Å². The largest absolute Gasteiger partial charge is 0.496 e. The summed E-state index contributed by atoms with van der Waals surface area (Å²) in [6.45, 7) is 6.08. The van der Waals surface area contributed by atoms with E-state index in [2.05, 4.69) is 4.98 Å². The Bertz CT molecular complexity index is 1820. The summed E-state index contributed by atoms with van der Waals surface area (Å²) in [5.41, 5.74) is -0.728. The molecule has 0 aliphatic carbocycles. The molecule has 4 aromatic rings. The van der Waals surface area contributed by atoms with Crippen LogP contribution in [0.25, 0.3) is 16.2 Å². The zero-order chi connectivity index (χ0) is 31.5. The first kappa shape index (κ1) is 30.9. The van der Waals surface area contributed by atoms with Gasteiger partial charge in [0, 0.05) is 25.1 Å². The van der Waals surface area contributed by atoms with E-state index >= 15 is 0 Å². The maximum Gasteiger partial charge on any atom is 0.340 e. The molecule has 1 fully saturated rings. The van der Waals surface area contributed by atoms with E-state index in [-0.39, 0.29) is 40.0 Å². The molecule has 0 saturated carbocycles. The van der Waals surface area contributed by atoms with Crippen LogP contribution in [0.5, 0.6) is 5.75 Å². The molecule has 1 aliphatic heterocycles. The Hall–Kier alpha value is -4.56. The van der Waals surface area contributed by atoms with Crippen LogP contribution in [0.15, 0.2) is 50.7 Å². The Morgan fingerprint density at radius 3 is 2.52 bits per heavy atom. The van der Waals surface area contributed by atoms with Crippen molar-refractivity contribution < 1.29 is 33.0 Å². The second-order valence-corrected chi connectivity index (χ2v) is 11.2. The number of para-hydroxylation sites is 1. The Balaban J connectivity index is 1.68. The molecular formula is C30H32N4O9S. The Labute approximate surface area is 255 Å². The quantitative estimate of drug-likeness (QED) is 0.146. The number of benzene rings is 1. The first-order valence-electron chi connectivity index (χ1n) is 14.1. The van der Waals surface area contributed by atoms with Crippen LogP contribution in [0.3, 0.4) is 0 Å². The molecule has 5 rings (SSSR count). The fraction of sp³-hybridized carbons (Fsp3) is 0.400. The molecule has 13 nitrogen and oxygen atoms in total. The molecule has 1 aromatic carbocycles. The van der Waals surface area contributed by atoms with Gasteiger partial charge in [0.25, 0.3) is 5.56 Å². The zero-order valence-electron chi connectivity index (χ0n) is 24.7. The predicted octanol–water partition coefficient (Wildman–Crippen LogP) is 2.89. The van der Waals surface area contributed by atoms with Crippen LogP contribution in [0, 0.1) is 12.8 Å². The summed E-state index contributed by atoms with van der Waals surface area (Å²) < 4.78 is 24.0. The van der Waals surface area contributed by atoms with Gasteiger partial charge >= 0.3 is 17.7 Å². The number of ketones is 1. The number of nitrogens with zero attached hydrogens (tertiary/aromatic N) is 4. The number of thiophene rings is 1. The number of Topliss-reactive ketones (excluding diaryl/α,β-unsaturated/α-hetero) is 1. The van der Waals surface area contributed by atoms with E-state index < -0.39 is 35.0 Å². The minimum atomic E-state index is -1.03. The second-order valence-electron chi connectivity index (χ2n) is 10.2. The summed E-state index contributed by atoms with van der Waals surface area (Å²) >= 11 is 0.939. The highest BCUT2D eigenvalue weighted by molar-refractivity contribution is 7.20. The third-order valence-electron chi connectivity index (χ3n) is 7.53. The molecule has 1 saturated heterocycles. The standard InChI is InChI=1S/C30H32N4O9S/c1-5-22(35)43-21(19-8-6-7-9-20(19)40-4)16-33-28-23(27(38)34(30(33)39)29-31-10-13-42-29)17(2)25(44-28)24(36)18(3)26(37)32-11-14-41-15-12-32/h6-10,13,18,21H,5,11-12,14-16H2,1-4H3/t18?,21-/m0/s1. The Kier molecular flexibility index (Phi) is 9.11. The molecule has 0 bridgehead atoms. The van der Waals surface area contributed by atoms with Crippen molar-refractivity contribution in [3.63, 3.8) is 0 Å². The highest BCUT2D eigenvalue weighted by Crippen LogP contribution is 2.34. The van der Waals surface area contributed by atoms with Crippen LogP contribution in [0.2, 0.25) is 0 Å². The SMILES string of the molecule is CCC(=O)O[C@@H](Cn1c(=O)n(-c2ncco2)c(=O)c2c(C)c(C(=O)C(C)C(=O)N3CCOCC3)sc21)c1ccccc1OC. The number of oxazole rings is 1. The molecule has 2 atom stereocenters. The number of ether oxygens (including phenoxy) is 3. The monoisotopic (exact) mass is 624 g/mol. The van der Waals surface area contributed by atoms with Gasteiger partial charge in [-0.05, 0) is 25.5 Å². The molecule has 0 N–H and O–H groups in total. The van der Waals surface area contributed by atoms with Crippen molar-refractivity contribution in [2.75, 3.05) is 33.4 Å². The minimum Gasteiger partial charge on any atom is -0.496 e. The molecule has 1 amide bonds. The highest BCUT2D eigenvalue weighted by atomic mass is 32.1. The number of carbonyl (C=O) groups excluding carboxylic acids is 3. The number of carbonyl (C=O) groups is 3. The van der Waals surface area contributed by atoms with Crippen LogP contribution in [-0.4, -0.2) is 70.1 Å². The average molecular weight is 625 g/mol. The number of morpholine rings is 1. The van der Waals surface area contributed by atoms with Crippen molar-refractivity contribution in [2.45, 2.75) is 39.8 Å². The van der Waals surface area contributed by atoms with Gasteiger partial charge < -0.3 is 23.5 Å². The average Bonchev–Trinajstić information content (AvgIpc) is 3.70. The molecule has 0 radical (unpaired) electrons. The molecule has 3 aromatic heterocycles. The third-order valence-corrected chi connectivity index (χ3v) is 8.86. The Morgan fingerprint density at radius 1 is 1.14 bits per heavy atom. The van der Waals surface area contributed by atoms with Crippen LogP contribution >= 0.6 is 11.3 Å². The van der Waals surface area contributed by atoms with E-state index in [0.29, 0.717) is 43.2 Å². The third kappa shape index (κ3) is 5.69. The second kappa shape index (κ2) is 13.0. The molecular weight excluding hydrogens is 592 g/mol. The summed E-state index contributed by atoms with van der Waals surface area (Å²) in [4.78, 5) is 73.3. The summed E-state index contributed by atoms with van der Waals surface area (Å²) in [5.74, 6) is -1.92. The maximum absolute atomic E-state index is 14.0. The van der Waals surface area contributed by atoms with E-state index in [1.165, 1.54) is 31.1 Å². The summed E-state index contributed by atoms with van der Waals surface area (Å²) in [6.07, 6.45) is 1.60. The molecule has 0 spiro atoms. The van der Waals surface area contributed by atoms with E-state index in [1.54, 1.807) is 43.0 Å². The number of fused-ring (bicyclic) bond motifs is 1. The Morgan fingerprint density at radius 2 is 1.86 bits per heavy atom. The van der Waals surface area contributed by atoms with Crippen molar-refractivity contribution in [1.29, 1.82) is 0 Å². The molecule has 14 heteroatoms. The van der Waals surface area contributed by atoms with Crippen LogP contribution in [0.4, 0.5) is 0 Å². The lowest BCUT2D eigenvalue weighted by atomic mass is 10.0. The molecule has 44 heavy (non-hydrogen) atoms. The number of aryl methyl sites for hydroxylation is 1. The molecule has 4 heterocycles. The number of amides is 1. The lowest BCUT2D eigenvalue weighted by molar-refractivity contribution is -0.149. The maximum atomic E-state index is 14.0. The van der Waals surface area contributed by atoms with Gasteiger partial charge in [0.05, 0.1) is 49.2 Å². The lowest BCUT2D eigenvalue weighted by Crippen LogP contribution is -2.44. The number of hydrogen-bond acceptors (Lipinski definition) is 11. The van der Waals surface area contributed by atoms with Gasteiger partial charge in [-0.15, -0.1) is 11.3 Å². The summed E-state index contributed by atoms with van der Waals surface area (Å²) in [6, 6.07) is 6.66. The fourth-order valence-electron chi connectivity index (χ4n) is 5.14. The topological polar surface area (TPSA) is 152 Å². The summed E-state index contributed by atoms with van der Waals surface area (Å²) in [7, 11) is 1.48. The lowest BCUT2D eigenvalue weighted by Gasteiger charge is -2.28. The van der Waals surface area contributed by atoms with Gasteiger partial charge in [0.2, 0.25) is 5.91 Å². The van der Waals surface area contributed by atoms with Gasteiger partial charge in [-0.25, -0.2) is 9.78 Å². The van der Waals surface area contributed by atoms with Gasteiger partial charge in [-0.2, -0.15) is 4.57 Å². The van der Waals surface area contributed by atoms with Crippen LogP contribution in [-0.2, 0) is 25.6 Å². The van der Waals surface area contributed by atoms with Gasteiger partial charge in [-0.3, -0.25) is 23.7 Å². The number of methoxy groups -OCH3 is 1. The first-order chi connectivity index (χ1) is 21.2. The van der Waals surface area contributed by atoms with E-state index in [9.17, 15) is 24.0 Å². The summed E-state index contributed by atoms with van der Waals surface area (Å²) in [5, 5.41) is 0.0859. The van der Waals surface area contributed by atoms with E-state index in [1.807, 2.05) is 0 Å². The first-order valence-corrected chi connectivity index (χ1v) is 14.9. The van der Waals surface area contributed by atoms with Crippen molar-refractivity contribution >= 4 is 39.2 Å².